The van der Waals surface area contributed by atoms with E-state index in [0.29, 0.717) is 5.56 Å². The van der Waals surface area contributed by atoms with E-state index in [2.05, 4.69) is 0 Å². The van der Waals surface area contributed by atoms with Gasteiger partial charge in [-0.2, -0.15) is 0 Å². The van der Waals surface area contributed by atoms with Crippen LogP contribution < -0.4 is 10.9 Å². The number of benzene rings is 2. The molecule has 0 aliphatic carbocycles. The van der Waals surface area contributed by atoms with Gasteiger partial charge in [0.15, 0.2) is 0 Å². The van der Waals surface area contributed by atoms with Gasteiger partial charge >= 0.3 is 14.2 Å². The van der Waals surface area contributed by atoms with Crippen molar-refractivity contribution in [2.45, 2.75) is 0 Å². The molecule has 2 aromatic carbocycles. The molecule has 0 amide bonds. The fourth-order valence-electron chi connectivity index (χ4n) is 1.87. The quantitative estimate of drug-likeness (QED) is 0.363. The van der Waals surface area contributed by atoms with E-state index >= 15 is 0 Å². The van der Waals surface area contributed by atoms with Crippen LogP contribution >= 0.6 is 0 Å². The van der Waals surface area contributed by atoms with Crippen molar-refractivity contribution in [1.82, 2.24) is 0 Å². The highest BCUT2D eigenvalue weighted by Gasteiger charge is 2.17. The van der Waals surface area contributed by atoms with Gasteiger partial charge in [-0.15, -0.1) is 0 Å². The van der Waals surface area contributed by atoms with E-state index in [0.717, 1.165) is 5.56 Å². The summed E-state index contributed by atoms with van der Waals surface area (Å²) < 4.78 is 0. The smallest absolute Gasteiger partial charge is 0.488 e. The van der Waals surface area contributed by atoms with Gasteiger partial charge in [0.25, 0.3) is 0 Å². The first-order valence-electron chi connectivity index (χ1n) is 6.30. The summed E-state index contributed by atoms with van der Waals surface area (Å²) in [6.45, 7) is 0. The minimum atomic E-state index is -1.69. The highest BCUT2D eigenvalue weighted by Crippen LogP contribution is 2.12. The van der Waals surface area contributed by atoms with Gasteiger partial charge in [-0.3, -0.25) is 0 Å². The lowest BCUT2D eigenvalue weighted by Gasteiger charge is -2.06. The van der Waals surface area contributed by atoms with Crippen LogP contribution in [0.3, 0.4) is 0 Å². The predicted molar refractivity (Wildman–Crippen MR) is 83.1 cm³/mol. The van der Waals surface area contributed by atoms with Crippen molar-refractivity contribution in [3.05, 3.63) is 53.6 Å². The molecule has 0 aliphatic heterocycles. The Kier molecular flexibility index (Phi) is 4.82. The van der Waals surface area contributed by atoms with E-state index in [9.17, 15) is 25.2 Å². The van der Waals surface area contributed by atoms with Gasteiger partial charge in [0.1, 0.15) is 5.75 Å². The molecule has 0 fully saturated rings. The fraction of sp³-hybridized carbons (Fsp3) is 0. The van der Waals surface area contributed by atoms with Crippen molar-refractivity contribution in [3.8, 4) is 5.75 Å². The summed E-state index contributed by atoms with van der Waals surface area (Å²) in [4.78, 5) is 0. The molecule has 0 saturated carbocycles. The maximum Gasteiger partial charge on any atom is 0.488 e. The van der Waals surface area contributed by atoms with Crippen molar-refractivity contribution < 1.29 is 25.2 Å². The molecule has 0 spiro atoms. The van der Waals surface area contributed by atoms with Gasteiger partial charge in [-0.25, -0.2) is 0 Å². The summed E-state index contributed by atoms with van der Waals surface area (Å²) in [5.41, 5.74) is 1.78. The zero-order valence-corrected chi connectivity index (χ0v) is 11.1. The Bertz CT molecular complexity index is 612. The molecule has 5 nitrogen and oxygen atoms in total. The Morgan fingerprint density at radius 1 is 0.667 bits per heavy atom. The van der Waals surface area contributed by atoms with E-state index < -0.39 is 14.2 Å². The van der Waals surface area contributed by atoms with Crippen molar-refractivity contribution in [1.29, 1.82) is 0 Å². The summed E-state index contributed by atoms with van der Waals surface area (Å²) in [6.07, 6.45) is 3.46. The maximum atomic E-state index is 9.21. The molecular formula is C14H14B2O5. The lowest BCUT2D eigenvalue weighted by Crippen LogP contribution is -2.38. The molecule has 0 saturated heterocycles. The minimum absolute atomic E-state index is 0.170. The summed E-state index contributed by atoms with van der Waals surface area (Å²) in [5.74, 6) is 0.170. The number of hydrogen-bond acceptors (Lipinski definition) is 5. The van der Waals surface area contributed by atoms with Crippen LogP contribution in [0.15, 0.2) is 42.5 Å². The first-order chi connectivity index (χ1) is 9.95. The molecule has 5 N–H and O–H groups in total. The van der Waals surface area contributed by atoms with Gasteiger partial charge in [-0.1, -0.05) is 42.5 Å². The fourth-order valence-corrected chi connectivity index (χ4v) is 1.87. The molecule has 106 valence electrons. The van der Waals surface area contributed by atoms with Gasteiger partial charge < -0.3 is 25.2 Å². The largest absolute Gasteiger partial charge is 0.508 e. The summed E-state index contributed by atoms with van der Waals surface area (Å²) >= 11 is 0. The maximum absolute atomic E-state index is 9.21. The van der Waals surface area contributed by atoms with Crippen LogP contribution in [0.2, 0.25) is 0 Å². The number of rotatable bonds is 4. The molecule has 2 rings (SSSR count). The van der Waals surface area contributed by atoms with E-state index in [-0.39, 0.29) is 16.7 Å². The highest BCUT2D eigenvalue weighted by molar-refractivity contribution is 6.62. The molecule has 0 bridgehead atoms. The third-order valence-electron chi connectivity index (χ3n) is 2.96. The molecule has 2 aromatic rings. The number of phenols is 1. The summed E-state index contributed by atoms with van der Waals surface area (Å²) in [6, 6.07) is 10.9. The average Bonchev–Trinajstić information content (AvgIpc) is 2.46. The second-order valence-electron chi connectivity index (χ2n) is 4.61. The van der Waals surface area contributed by atoms with Crippen molar-refractivity contribution in [2.75, 3.05) is 0 Å². The zero-order valence-electron chi connectivity index (χ0n) is 11.1. The van der Waals surface area contributed by atoms with Gasteiger partial charge in [-0.05, 0) is 34.2 Å². The Hall–Kier alpha value is -2.05. The topological polar surface area (TPSA) is 101 Å². The first-order valence-corrected chi connectivity index (χ1v) is 6.30. The molecular weight excluding hydrogens is 270 g/mol. The lowest BCUT2D eigenvalue weighted by molar-refractivity contribution is 0.425. The first kappa shape index (κ1) is 15.3. The van der Waals surface area contributed by atoms with E-state index in [1.54, 1.807) is 36.4 Å². The Labute approximate surface area is 122 Å². The van der Waals surface area contributed by atoms with Crippen LogP contribution in [0.5, 0.6) is 5.75 Å². The van der Waals surface area contributed by atoms with Gasteiger partial charge in [0.2, 0.25) is 0 Å². The SMILES string of the molecule is OB(O)c1cc(/C=C/c2ccc(O)cc2)cc(B(O)O)c1. The molecule has 0 heterocycles. The van der Waals surface area contributed by atoms with Crippen molar-refractivity contribution in [2.24, 2.45) is 0 Å². The minimum Gasteiger partial charge on any atom is -0.508 e. The van der Waals surface area contributed by atoms with Crippen LogP contribution in [0.25, 0.3) is 12.2 Å². The van der Waals surface area contributed by atoms with Crippen LogP contribution in [-0.4, -0.2) is 39.4 Å². The third kappa shape index (κ3) is 4.21. The third-order valence-corrected chi connectivity index (χ3v) is 2.96. The second-order valence-corrected chi connectivity index (χ2v) is 4.61. The van der Waals surface area contributed by atoms with E-state index in [1.165, 1.54) is 18.2 Å². The van der Waals surface area contributed by atoms with Crippen LogP contribution in [-0.2, 0) is 0 Å². The van der Waals surface area contributed by atoms with E-state index in [1.807, 2.05) is 0 Å². The number of hydrogen-bond donors (Lipinski definition) is 5. The van der Waals surface area contributed by atoms with Crippen LogP contribution in [0, 0.1) is 0 Å². The van der Waals surface area contributed by atoms with Gasteiger partial charge in [0.05, 0.1) is 0 Å². The Morgan fingerprint density at radius 2 is 1.14 bits per heavy atom. The lowest BCUT2D eigenvalue weighted by atomic mass is 9.72. The predicted octanol–water partition coefficient (Wildman–Crippen LogP) is -1.08. The van der Waals surface area contributed by atoms with E-state index in [4.69, 9.17) is 0 Å². The van der Waals surface area contributed by atoms with Crippen LogP contribution in [0.1, 0.15) is 11.1 Å². The van der Waals surface area contributed by atoms with Gasteiger partial charge in [0, 0.05) is 0 Å². The number of aromatic hydroxyl groups is 1. The second kappa shape index (κ2) is 6.60. The molecule has 0 aliphatic rings. The molecule has 0 aromatic heterocycles. The summed E-state index contributed by atoms with van der Waals surface area (Å²) in [7, 11) is -3.38. The molecule has 21 heavy (non-hydrogen) atoms. The Morgan fingerprint density at radius 3 is 1.62 bits per heavy atom. The normalized spacial score (nSPS) is 10.9. The zero-order chi connectivity index (χ0) is 15.4. The van der Waals surface area contributed by atoms with Crippen molar-refractivity contribution in [3.63, 3.8) is 0 Å². The molecule has 0 radical (unpaired) electrons. The standard InChI is InChI=1S/C14H14B2O5/c17-14-5-3-10(4-6-14)1-2-11-7-12(15(18)19)9-13(8-11)16(20)21/h1-9,17-21H/b2-1+. The Balaban J connectivity index is 2.32. The molecule has 0 unspecified atom stereocenters. The monoisotopic (exact) mass is 284 g/mol. The summed E-state index contributed by atoms with van der Waals surface area (Å²) in [5, 5.41) is 46.0. The highest BCUT2D eigenvalue weighted by atomic mass is 16.4. The van der Waals surface area contributed by atoms with Crippen LogP contribution in [0.4, 0.5) is 0 Å². The number of phenolic OH excluding ortho intramolecular Hbond substituents is 1. The molecule has 7 heteroatoms. The average molecular weight is 284 g/mol. The van der Waals surface area contributed by atoms with Crippen molar-refractivity contribution >= 4 is 37.3 Å². The molecule has 0 atom stereocenters.